The van der Waals surface area contributed by atoms with E-state index >= 15 is 0 Å². The lowest BCUT2D eigenvalue weighted by Gasteiger charge is -2.34. The predicted octanol–water partition coefficient (Wildman–Crippen LogP) is 2.26. The molecule has 1 aromatic rings. The van der Waals surface area contributed by atoms with Gasteiger partial charge in [0.1, 0.15) is 0 Å². The summed E-state index contributed by atoms with van der Waals surface area (Å²) in [6.45, 7) is 0. The summed E-state index contributed by atoms with van der Waals surface area (Å²) in [6, 6.07) is 0. The number of nitrogens with zero attached hydrogens (tertiary/aromatic N) is 3. The molecule has 1 rings (SSSR count). The maximum Gasteiger partial charge on any atom is 0.460 e. The molecule has 0 aliphatic rings. The molecule has 0 aliphatic carbocycles. The minimum Gasteiger partial charge on any atom is -0.317 e. The van der Waals surface area contributed by atoms with E-state index in [9.17, 15) is 47.9 Å². The van der Waals surface area contributed by atoms with Gasteiger partial charge in [-0.2, -0.15) is 39.5 Å². The highest BCUT2D eigenvalue weighted by molar-refractivity contribution is 7.94. The number of halogens is 9. The number of sulfonamides is 1. The third-order valence-electron chi connectivity index (χ3n) is 2.25. The molecular weight excluding hydrogens is 373 g/mol. The van der Waals surface area contributed by atoms with Gasteiger partial charge in [-0.3, -0.25) is 4.98 Å². The van der Waals surface area contributed by atoms with Crippen molar-refractivity contribution in [2.45, 2.75) is 23.3 Å². The number of aromatic nitrogens is 2. The normalized spacial score (nSPS) is 14.7. The first-order valence-electron chi connectivity index (χ1n) is 5.07. The molecule has 0 unspecified atom stereocenters. The Balaban J connectivity index is 3.33. The van der Waals surface area contributed by atoms with Gasteiger partial charge in [-0.15, -0.1) is 0 Å². The number of hydrogen-bond donors (Lipinski definition) is 0. The standard InChI is InChI=1S/C8H4F9N3O2S/c9-5(10,7(13,14)15)6(11,12)8(16,17)23(21,22)19-20-3-1-18-2-4-20/h1-4H. The van der Waals surface area contributed by atoms with Crippen molar-refractivity contribution in [2.75, 3.05) is 0 Å². The van der Waals surface area contributed by atoms with E-state index in [1.54, 1.807) is 0 Å². The highest BCUT2D eigenvalue weighted by Gasteiger charge is 2.84. The highest BCUT2D eigenvalue weighted by Crippen LogP contribution is 2.55. The van der Waals surface area contributed by atoms with Crippen LogP contribution in [0.3, 0.4) is 0 Å². The lowest BCUT2D eigenvalue weighted by atomic mass is 10.1. The van der Waals surface area contributed by atoms with Crippen LogP contribution in [-0.2, 0) is 10.0 Å². The minimum absolute atomic E-state index is 0.0436. The summed E-state index contributed by atoms with van der Waals surface area (Å²) >= 11 is 0. The molecule has 23 heavy (non-hydrogen) atoms. The maximum atomic E-state index is 13.3. The molecule has 1 heterocycles. The molecule has 0 saturated heterocycles. The molecule has 0 N–H and O–H groups in total. The number of rotatable bonds is 5. The van der Waals surface area contributed by atoms with Gasteiger partial charge >= 0.3 is 23.3 Å². The molecule has 15 heteroatoms. The molecule has 0 spiro atoms. The summed E-state index contributed by atoms with van der Waals surface area (Å²) in [5, 5.41) is -6.85. The zero-order valence-corrected chi connectivity index (χ0v) is 11.1. The molecule has 0 fully saturated rings. The van der Waals surface area contributed by atoms with Gasteiger partial charge in [-0.05, 0) is 0 Å². The fourth-order valence-corrected chi connectivity index (χ4v) is 1.98. The van der Waals surface area contributed by atoms with Crippen molar-refractivity contribution in [2.24, 2.45) is 0 Å². The van der Waals surface area contributed by atoms with Crippen molar-refractivity contribution in [3.8, 4) is 0 Å². The van der Waals surface area contributed by atoms with Crippen LogP contribution in [0, 0.1) is 0 Å². The van der Waals surface area contributed by atoms with Crippen LogP contribution in [0.15, 0.2) is 24.8 Å². The van der Waals surface area contributed by atoms with Gasteiger partial charge < -0.3 is 4.83 Å². The largest absolute Gasteiger partial charge is 0.460 e. The Morgan fingerprint density at radius 1 is 0.826 bits per heavy atom. The van der Waals surface area contributed by atoms with E-state index in [2.05, 4.69) is 4.98 Å². The van der Waals surface area contributed by atoms with Crippen LogP contribution in [0.4, 0.5) is 39.5 Å². The molecule has 5 nitrogen and oxygen atoms in total. The van der Waals surface area contributed by atoms with Crippen LogP contribution in [-0.4, -0.2) is 36.7 Å². The molecular formula is C8H4F9N3O2S. The average Bonchev–Trinajstić information content (AvgIpc) is 2.37. The van der Waals surface area contributed by atoms with E-state index in [1.807, 2.05) is 4.83 Å². The lowest BCUT2D eigenvalue weighted by Crippen LogP contribution is -2.63. The topological polar surface area (TPSA) is 65.0 Å². The second-order valence-corrected chi connectivity index (χ2v) is 5.47. The van der Waals surface area contributed by atoms with E-state index < -0.39 is 33.3 Å². The Bertz CT molecular complexity index is 659. The van der Waals surface area contributed by atoms with E-state index in [1.165, 1.54) is 0 Å². The quantitative estimate of drug-likeness (QED) is 0.584. The van der Waals surface area contributed by atoms with Crippen molar-refractivity contribution in [3.63, 3.8) is 0 Å². The molecule has 0 saturated carbocycles. The van der Waals surface area contributed by atoms with Crippen molar-refractivity contribution in [1.29, 1.82) is 0 Å². The van der Waals surface area contributed by atoms with Gasteiger partial charge in [-0.25, -0.2) is 13.1 Å². The first kappa shape index (κ1) is 19.2. The van der Waals surface area contributed by atoms with Gasteiger partial charge in [0, 0.05) is 0 Å². The van der Waals surface area contributed by atoms with Crippen molar-refractivity contribution in [3.05, 3.63) is 29.6 Å². The Morgan fingerprint density at radius 2 is 1.26 bits per heavy atom. The van der Waals surface area contributed by atoms with Crippen LogP contribution < -0.4 is 4.68 Å². The SMILES string of the molecule is O=S(=O)([N-][n+]1ccncc1)C(F)(F)C(F)(F)C(F)(F)C(F)(F)F. The van der Waals surface area contributed by atoms with E-state index in [0.29, 0.717) is 12.4 Å². The fourth-order valence-electron chi connectivity index (χ4n) is 1.07. The van der Waals surface area contributed by atoms with Crippen molar-refractivity contribution in [1.82, 2.24) is 4.98 Å². The van der Waals surface area contributed by atoms with E-state index in [4.69, 9.17) is 0 Å². The Labute approximate surface area is 121 Å². The molecule has 0 radical (unpaired) electrons. The maximum absolute atomic E-state index is 13.3. The van der Waals surface area contributed by atoms with Crippen LogP contribution in [0.1, 0.15) is 0 Å². The Kier molecular flexibility index (Phi) is 4.50. The second-order valence-electron chi connectivity index (χ2n) is 3.85. The summed E-state index contributed by atoms with van der Waals surface area (Å²) in [5.41, 5.74) is 0. The monoisotopic (exact) mass is 377 g/mol. The second kappa shape index (κ2) is 5.38. The van der Waals surface area contributed by atoms with Gasteiger partial charge in [0.25, 0.3) is 0 Å². The smallest absolute Gasteiger partial charge is 0.317 e. The summed E-state index contributed by atoms with van der Waals surface area (Å²) in [6.07, 6.45) is -4.56. The molecule has 0 bridgehead atoms. The summed E-state index contributed by atoms with van der Waals surface area (Å²) in [4.78, 5) is 5.32. The average molecular weight is 377 g/mol. The molecule has 0 amide bonds. The Morgan fingerprint density at radius 3 is 1.65 bits per heavy atom. The van der Waals surface area contributed by atoms with Crippen LogP contribution >= 0.6 is 0 Å². The lowest BCUT2D eigenvalue weighted by molar-refractivity contribution is -0.615. The molecule has 132 valence electrons. The number of hydrogen-bond acceptors (Lipinski definition) is 3. The van der Waals surface area contributed by atoms with Crippen LogP contribution in [0.5, 0.6) is 0 Å². The highest BCUT2D eigenvalue weighted by atomic mass is 32.2. The van der Waals surface area contributed by atoms with Crippen molar-refractivity contribution < 1.29 is 52.6 Å². The van der Waals surface area contributed by atoms with Gasteiger partial charge in [-0.1, -0.05) is 0 Å². The zero-order chi connectivity index (χ0) is 18.3. The van der Waals surface area contributed by atoms with Crippen molar-refractivity contribution >= 4 is 10.0 Å². The van der Waals surface area contributed by atoms with Crippen LogP contribution in [0.2, 0.25) is 0 Å². The Hall–Kier alpha value is -1.80. The summed E-state index contributed by atoms with van der Waals surface area (Å²) in [7, 11) is -6.82. The first-order chi connectivity index (χ1) is 10.1. The zero-order valence-electron chi connectivity index (χ0n) is 10.3. The third-order valence-corrected chi connectivity index (χ3v) is 3.56. The van der Waals surface area contributed by atoms with E-state index in [0.717, 1.165) is 12.4 Å². The molecule has 1 aromatic heterocycles. The first-order valence-corrected chi connectivity index (χ1v) is 6.51. The fraction of sp³-hybridized carbons (Fsp3) is 0.500. The molecule has 0 atom stereocenters. The predicted molar refractivity (Wildman–Crippen MR) is 53.0 cm³/mol. The minimum atomic E-state index is -7.32. The molecule has 0 aromatic carbocycles. The third kappa shape index (κ3) is 3.00. The van der Waals surface area contributed by atoms with Crippen LogP contribution in [0.25, 0.3) is 4.83 Å². The van der Waals surface area contributed by atoms with Gasteiger partial charge in [0.05, 0.1) is 12.4 Å². The summed E-state index contributed by atoms with van der Waals surface area (Å²) < 4.78 is 135. The summed E-state index contributed by atoms with van der Waals surface area (Å²) in [5.74, 6) is -14.6. The molecule has 0 aliphatic heterocycles. The number of alkyl halides is 9. The van der Waals surface area contributed by atoms with E-state index in [-0.39, 0.29) is 4.68 Å². The van der Waals surface area contributed by atoms with Gasteiger partial charge in [0.15, 0.2) is 12.4 Å². The van der Waals surface area contributed by atoms with Gasteiger partial charge in [0.2, 0.25) is 10.0 Å².